The minimum atomic E-state index is -0.299. The van der Waals surface area contributed by atoms with Crippen LogP contribution in [0.5, 0.6) is 0 Å². The quantitative estimate of drug-likeness (QED) is 0.779. The lowest BCUT2D eigenvalue weighted by atomic mass is 10.2. The highest BCUT2D eigenvalue weighted by molar-refractivity contribution is 5.80. The Balaban J connectivity index is 2.21. The number of amides is 1. The van der Waals surface area contributed by atoms with E-state index in [1.807, 2.05) is 36.8 Å². The molecule has 1 atom stereocenters. The van der Waals surface area contributed by atoms with Gasteiger partial charge in [-0.15, -0.1) is 0 Å². The second-order valence-electron chi connectivity index (χ2n) is 4.80. The molecule has 1 aliphatic heterocycles. The molecule has 0 saturated carbocycles. The molecule has 98 valence electrons. The first kappa shape index (κ1) is 12.8. The summed E-state index contributed by atoms with van der Waals surface area (Å²) in [6.45, 7) is 6.03. The molecule has 0 unspecified atom stereocenters. The summed E-state index contributed by atoms with van der Waals surface area (Å²) in [5, 5.41) is 0. The highest BCUT2D eigenvalue weighted by Gasteiger charge is 2.29. The number of carbonyl (C=O) groups excluding carboxylic acids is 1. The maximum atomic E-state index is 11.4. The van der Waals surface area contributed by atoms with Crippen LogP contribution in [0.4, 0.5) is 5.95 Å². The summed E-state index contributed by atoms with van der Waals surface area (Å²) in [6, 6.07) is 1.66. The van der Waals surface area contributed by atoms with Crippen LogP contribution in [0.25, 0.3) is 0 Å². The molecule has 2 rings (SSSR count). The molecule has 0 aliphatic carbocycles. The number of anilines is 1. The number of rotatable bonds is 2. The summed E-state index contributed by atoms with van der Waals surface area (Å²) in [5.41, 5.74) is 7.28. The molecule has 1 aliphatic rings. The van der Waals surface area contributed by atoms with E-state index >= 15 is 0 Å². The van der Waals surface area contributed by atoms with Gasteiger partial charge in [-0.05, 0) is 27.0 Å². The lowest BCUT2D eigenvalue weighted by Gasteiger charge is -2.37. The van der Waals surface area contributed by atoms with E-state index in [4.69, 9.17) is 5.73 Å². The molecule has 2 N–H and O–H groups in total. The fourth-order valence-electron chi connectivity index (χ4n) is 2.21. The first-order valence-electron chi connectivity index (χ1n) is 6.04. The number of primary amides is 1. The molecule has 6 heteroatoms. The highest BCUT2D eigenvalue weighted by atomic mass is 16.1. The zero-order valence-electron chi connectivity index (χ0n) is 11.1. The molecule has 0 bridgehead atoms. The average Bonchev–Trinajstić information content (AvgIpc) is 2.27. The van der Waals surface area contributed by atoms with Crippen LogP contribution < -0.4 is 10.6 Å². The number of hydrogen-bond acceptors (Lipinski definition) is 5. The molecule has 1 amide bonds. The molecule has 0 aromatic carbocycles. The van der Waals surface area contributed by atoms with Gasteiger partial charge in [-0.25, -0.2) is 9.97 Å². The summed E-state index contributed by atoms with van der Waals surface area (Å²) in [6.07, 6.45) is 0. The van der Waals surface area contributed by atoms with E-state index in [9.17, 15) is 4.79 Å². The predicted molar refractivity (Wildman–Crippen MR) is 69.3 cm³/mol. The van der Waals surface area contributed by atoms with Crippen molar-refractivity contribution in [2.75, 3.05) is 31.6 Å². The molecule has 0 spiro atoms. The maximum absolute atomic E-state index is 11.4. The SMILES string of the molecule is Cc1cc(C)nc(N2CCN(C)[C@H](C(N)=O)C2)n1. The first-order chi connectivity index (χ1) is 8.47. The topological polar surface area (TPSA) is 75.3 Å². The summed E-state index contributed by atoms with van der Waals surface area (Å²) in [4.78, 5) is 24.2. The predicted octanol–water partition coefficient (Wildman–Crippen LogP) is -0.301. The van der Waals surface area contributed by atoms with Gasteiger partial charge in [0, 0.05) is 31.0 Å². The molecule has 1 aromatic rings. The van der Waals surface area contributed by atoms with Crippen LogP contribution in [0.2, 0.25) is 0 Å². The normalized spacial score (nSPS) is 21.1. The second kappa shape index (κ2) is 4.89. The van der Waals surface area contributed by atoms with Gasteiger partial charge >= 0.3 is 0 Å². The molecule has 2 heterocycles. The van der Waals surface area contributed by atoms with Gasteiger partial charge in [0.15, 0.2) is 0 Å². The van der Waals surface area contributed by atoms with Gasteiger partial charge < -0.3 is 10.6 Å². The number of aromatic nitrogens is 2. The number of aryl methyl sites for hydroxylation is 2. The van der Waals surface area contributed by atoms with Crippen molar-refractivity contribution < 1.29 is 4.79 Å². The Morgan fingerprint density at radius 1 is 1.33 bits per heavy atom. The maximum Gasteiger partial charge on any atom is 0.236 e. The lowest BCUT2D eigenvalue weighted by molar-refractivity contribution is -0.122. The molecule has 1 aromatic heterocycles. The standard InChI is InChI=1S/C12H19N5O/c1-8-6-9(2)15-12(14-8)17-5-4-16(3)10(7-17)11(13)18/h6,10H,4-5,7H2,1-3H3,(H2,13,18)/t10-/m0/s1. The van der Waals surface area contributed by atoms with Crippen molar-refractivity contribution in [2.45, 2.75) is 19.9 Å². The lowest BCUT2D eigenvalue weighted by Crippen LogP contribution is -2.57. The zero-order chi connectivity index (χ0) is 13.3. The van der Waals surface area contributed by atoms with Crippen molar-refractivity contribution in [3.05, 3.63) is 17.5 Å². The second-order valence-corrected chi connectivity index (χ2v) is 4.80. The van der Waals surface area contributed by atoms with Crippen LogP contribution in [0.1, 0.15) is 11.4 Å². The number of nitrogens with two attached hydrogens (primary N) is 1. The molecule has 1 saturated heterocycles. The Bertz CT molecular complexity index is 442. The van der Waals surface area contributed by atoms with Crippen molar-refractivity contribution in [1.82, 2.24) is 14.9 Å². The van der Waals surface area contributed by atoms with Crippen LogP contribution in [0.3, 0.4) is 0 Å². The molecule has 1 fully saturated rings. The summed E-state index contributed by atoms with van der Waals surface area (Å²) >= 11 is 0. The van der Waals surface area contributed by atoms with Gasteiger partial charge in [0.05, 0.1) is 0 Å². The number of hydrogen-bond donors (Lipinski definition) is 1. The summed E-state index contributed by atoms with van der Waals surface area (Å²) in [5.74, 6) is 0.387. The Labute approximate surface area is 107 Å². The van der Waals surface area contributed by atoms with E-state index < -0.39 is 0 Å². The molecular formula is C12H19N5O. The van der Waals surface area contributed by atoms with Crippen LogP contribution in [0.15, 0.2) is 6.07 Å². The van der Waals surface area contributed by atoms with Gasteiger partial charge in [0.2, 0.25) is 11.9 Å². The Morgan fingerprint density at radius 3 is 2.50 bits per heavy atom. The summed E-state index contributed by atoms with van der Waals surface area (Å²) in [7, 11) is 1.91. The van der Waals surface area contributed by atoms with E-state index in [1.54, 1.807) is 0 Å². The third-order valence-corrected chi connectivity index (χ3v) is 3.23. The summed E-state index contributed by atoms with van der Waals surface area (Å²) < 4.78 is 0. The van der Waals surface area contributed by atoms with Gasteiger partial charge in [0.1, 0.15) is 6.04 Å². The molecule has 18 heavy (non-hydrogen) atoms. The Kier molecular flexibility index (Phi) is 3.47. The minimum absolute atomic E-state index is 0.275. The van der Waals surface area contributed by atoms with E-state index in [0.29, 0.717) is 12.5 Å². The Hall–Kier alpha value is -1.69. The molecule has 0 radical (unpaired) electrons. The van der Waals surface area contributed by atoms with Crippen molar-refractivity contribution >= 4 is 11.9 Å². The molecular weight excluding hydrogens is 230 g/mol. The third-order valence-electron chi connectivity index (χ3n) is 3.23. The van der Waals surface area contributed by atoms with E-state index in [0.717, 1.165) is 24.5 Å². The zero-order valence-corrected chi connectivity index (χ0v) is 11.1. The van der Waals surface area contributed by atoms with E-state index in [-0.39, 0.29) is 11.9 Å². The van der Waals surface area contributed by atoms with Crippen molar-refractivity contribution in [3.63, 3.8) is 0 Å². The first-order valence-corrected chi connectivity index (χ1v) is 6.04. The van der Waals surface area contributed by atoms with Gasteiger partial charge in [0.25, 0.3) is 0 Å². The largest absolute Gasteiger partial charge is 0.368 e. The smallest absolute Gasteiger partial charge is 0.236 e. The van der Waals surface area contributed by atoms with Crippen molar-refractivity contribution in [3.8, 4) is 0 Å². The number of carbonyl (C=O) groups is 1. The fraction of sp³-hybridized carbons (Fsp3) is 0.583. The van der Waals surface area contributed by atoms with Crippen LogP contribution >= 0.6 is 0 Å². The van der Waals surface area contributed by atoms with Crippen molar-refractivity contribution in [2.24, 2.45) is 5.73 Å². The average molecular weight is 249 g/mol. The van der Waals surface area contributed by atoms with Crippen molar-refractivity contribution in [1.29, 1.82) is 0 Å². The van der Waals surface area contributed by atoms with Gasteiger partial charge in [-0.2, -0.15) is 0 Å². The Morgan fingerprint density at radius 2 is 1.94 bits per heavy atom. The van der Waals surface area contributed by atoms with E-state index in [1.165, 1.54) is 0 Å². The third kappa shape index (κ3) is 2.59. The van der Waals surface area contributed by atoms with E-state index in [2.05, 4.69) is 9.97 Å². The van der Waals surface area contributed by atoms with Gasteiger partial charge in [-0.3, -0.25) is 9.69 Å². The van der Waals surface area contributed by atoms with Crippen LogP contribution in [0, 0.1) is 13.8 Å². The number of piperazine rings is 1. The van der Waals surface area contributed by atoms with Crippen LogP contribution in [-0.4, -0.2) is 53.5 Å². The molecule has 6 nitrogen and oxygen atoms in total. The number of likely N-dealkylation sites (N-methyl/N-ethyl adjacent to an activating group) is 1. The van der Waals surface area contributed by atoms with Crippen LogP contribution in [-0.2, 0) is 4.79 Å². The number of nitrogens with zero attached hydrogens (tertiary/aromatic N) is 4. The minimum Gasteiger partial charge on any atom is -0.368 e. The fourth-order valence-corrected chi connectivity index (χ4v) is 2.21. The van der Waals surface area contributed by atoms with Gasteiger partial charge in [-0.1, -0.05) is 0 Å². The monoisotopic (exact) mass is 249 g/mol. The highest BCUT2D eigenvalue weighted by Crippen LogP contribution is 2.15.